The van der Waals surface area contributed by atoms with Gasteiger partial charge in [-0.25, -0.2) is 0 Å². The molecule has 4 aliphatic carbocycles. The van der Waals surface area contributed by atoms with Gasteiger partial charge in [-0.1, -0.05) is 26.0 Å². The number of hydrogen-bond donors (Lipinski definition) is 3. The van der Waals surface area contributed by atoms with Crippen molar-refractivity contribution in [2.45, 2.75) is 109 Å². The number of ether oxygens (including phenoxy) is 1. The Balaban J connectivity index is 1.28. The van der Waals surface area contributed by atoms with E-state index in [1.807, 2.05) is 12.1 Å². The van der Waals surface area contributed by atoms with Crippen molar-refractivity contribution in [2.24, 2.45) is 40.4 Å². The fourth-order valence-electron chi connectivity index (χ4n) is 9.95. The quantitative estimate of drug-likeness (QED) is 0.480. The third-order valence-electron chi connectivity index (χ3n) is 11.7. The Morgan fingerprint density at radius 3 is 2.49 bits per heavy atom. The van der Waals surface area contributed by atoms with Crippen molar-refractivity contribution < 1.29 is 20.1 Å². The zero-order chi connectivity index (χ0) is 25.0. The molecule has 1 aromatic rings. The van der Waals surface area contributed by atoms with Crippen molar-refractivity contribution in [3.63, 3.8) is 0 Å². The minimum absolute atomic E-state index is 0.151. The van der Waals surface area contributed by atoms with E-state index in [2.05, 4.69) is 32.9 Å². The summed E-state index contributed by atoms with van der Waals surface area (Å²) in [7, 11) is 1.71. The van der Waals surface area contributed by atoms with Crippen LogP contribution in [0.4, 0.5) is 0 Å². The Kier molecular flexibility index (Phi) is 6.81. The molecule has 35 heavy (non-hydrogen) atoms. The number of methoxy groups -OCH3 is 1. The first-order valence-electron chi connectivity index (χ1n) is 14.3. The van der Waals surface area contributed by atoms with E-state index in [0.717, 1.165) is 57.1 Å². The zero-order valence-corrected chi connectivity index (χ0v) is 22.4. The van der Waals surface area contributed by atoms with Crippen LogP contribution in [0.3, 0.4) is 0 Å². The molecule has 0 amide bonds. The van der Waals surface area contributed by atoms with Crippen LogP contribution >= 0.6 is 0 Å². The van der Waals surface area contributed by atoms with Crippen molar-refractivity contribution in [1.29, 1.82) is 0 Å². The zero-order valence-electron chi connectivity index (χ0n) is 22.4. The fraction of sp³-hybridized carbons (Fsp3) is 0.806. The normalized spacial score (nSPS) is 44.6. The average Bonchev–Trinajstić information content (AvgIpc) is 3.19. The van der Waals surface area contributed by atoms with Gasteiger partial charge in [-0.3, -0.25) is 0 Å². The molecule has 1 aromatic carbocycles. The van der Waals surface area contributed by atoms with Crippen LogP contribution in [0.1, 0.15) is 90.5 Å². The van der Waals surface area contributed by atoms with E-state index in [4.69, 9.17) is 4.74 Å². The number of aryl methyl sites for hydroxylation is 1. The molecule has 5 rings (SSSR count). The monoisotopic (exact) mass is 484 g/mol. The molecule has 0 heterocycles. The van der Waals surface area contributed by atoms with Crippen LogP contribution in [-0.2, 0) is 6.42 Å². The highest BCUT2D eigenvalue weighted by atomic mass is 16.5. The van der Waals surface area contributed by atoms with Crippen LogP contribution in [-0.4, -0.2) is 40.2 Å². The van der Waals surface area contributed by atoms with Crippen LogP contribution in [0.5, 0.6) is 5.75 Å². The minimum atomic E-state index is -0.663. The molecular weight excluding hydrogens is 436 g/mol. The second kappa shape index (κ2) is 9.33. The summed E-state index contributed by atoms with van der Waals surface area (Å²) in [6.07, 6.45) is 10.5. The predicted octanol–water partition coefficient (Wildman–Crippen LogP) is 5.76. The van der Waals surface area contributed by atoms with E-state index < -0.39 is 5.60 Å². The van der Waals surface area contributed by atoms with Gasteiger partial charge in [0.25, 0.3) is 0 Å². The van der Waals surface area contributed by atoms with Gasteiger partial charge in [0.05, 0.1) is 24.9 Å². The van der Waals surface area contributed by atoms with Crippen molar-refractivity contribution >= 4 is 0 Å². The molecular formula is C31H48O4. The molecule has 4 heteroatoms. The van der Waals surface area contributed by atoms with Gasteiger partial charge in [0, 0.05) is 0 Å². The largest absolute Gasteiger partial charge is 0.497 e. The number of hydrogen-bond acceptors (Lipinski definition) is 4. The molecule has 0 bridgehead atoms. The first kappa shape index (κ1) is 25.5. The lowest BCUT2D eigenvalue weighted by molar-refractivity contribution is -0.179. The number of rotatable bonds is 6. The summed E-state index contributed by atoms with van der Waals surface area (Å²) in [5, 5.41) is 33.4. The van der Waals surface area contributed by atoms with Gasteiger partial charge in [0.2, 0.25) is 0 Å². The molecule has 196 valence electrons. The van der Waals surface area contributed by atoms with E-state index in [1.165, 1.54) is 24.8 Å². The van der Waals surface area contributed by atoms with Gasteiger partial charge in [-0.15, -0.1) is 0 Å². The minimum Gasteiger partial charge on any atom is -0.497 e. The molecule has 0 spiro atoms. The van der Waals surface area contributed by atoms with Gasteiger partial charge in [-0.2, -0.15) is 0 Å². The Hall–Kier alpha value is -1.10. The molecule has 3 N–H and O–H groups in total. The number of fused-ring (bicyclic) bond motifs is 5. The molecule has 0 saturated heterocycles. The van der Waals surface area contributed by atoms with E-state index in [1.54, 1.807) is 7.11 Å². The van der Waals surface area contributed by atoms with E-state index in [9.17, 15) is 15.3 Å². The molecule has 0 radical (unpaired) electrons. The van der Waals surface area contributed by atoms with E-state index in [-0.39, 0.29) is 29.0 Å². The topological polar surface area (TPSA) is 69.9 Å². The standard InChI is InChI=1S/C31H48O4/c1-29-15-12-21(32)18-26(29)27(33)19-23-24-10-11-28(30(24,2)16-13-25(23)29)31(3,34)14-6-8-20-7-5-9-22(17-20)35-4/h5,7,9,17,21,23-28,32-34H,6,8,10-16,18-19H2,1-4H3/t21-,23-,24-,25-,26+,27-,28-,29+,30-,31-/m0/s1. The Bertz CT molecular complexity index is 898. The third-order valence-corrected chi connectivity index (χ3v) is 11.7. The maximum Gasteiger partial charge on any atom is 0.119 e. The summed E-state index contributed by atoms with van der Waals surface area (Å²) in [5.41, 5.74) is 0.912. The van der Waals surface area contributed by atoms with Crippen molar-refractivity contribution in [1.82, 2.24) is 0 Å². The second-order valence-corrected chi connectivity index (χ2v) is 13.5. The van der Waals surface area contributed by atoms with Gasteiger partial charge in [-0.05, 0) is 136 Å². The number of aliphatic hydroxyl groups is 3. The highest BCUT2D eigenvalue weighted by Gasteiger charge is 2.63. The highest BCUT2D eigenvalue weighted by Crippen LogP contribution is 2.68. The molecule has 4 aliphatic rings. The molecule has 10 atom stereocenters. The Morgan fingerprint density at radius 1 is 0.971 bits per heavy atom. The molecule has 4 fully saturated rings. The molecule has 0 unspecified atom stereocenters. The van der Waals surface area contributed by atoms with Crippen LogP contribution < -0.4 is 4.74 Å². The van der Waals surface area contributed by atoms with Gasteiger partial charge in [0.1, 0.15) is 5.75 Å². The van der Waals surface area contributed by atoms with Gasteiger partial charge < -0.3 is 20.1 Å². The van der Waals surface area contributed by atoms with Crippen molar-refractivity contribution in [3.8, 4) is 5.75 Å². The number of aliphatic hydroxyl groups excluding tert-OH is 2. The molecule has 0 aliphatic heterocycles. The lowest BCUT2D eigenvalue weighted by Crippen LogP contribution is -2.59. The Labute approximate surface area is 212 Å². The van der Waals surface area contributed by atoms with Crippen LogP contribution in [0.15, 0.2) is 24.3 Å². The lowest BCUT2D eigenvalue weighted by atomic mass is 9.43. The smallest absolute Gasteiger partial charge is 0.119 e. The predicted molar refractivity (Wildman–Crippen MR) is 139 cm³/mol. The molecule has 4 saturated carbocycles. The lowest BCUT2D eigenvalue weighted by Gasteiger charge is -2.62. The van der Waals surface area contributed by atoms with Gasteiger partial charge in [0.15, 0.2) is 0 Å². The SMILES string of the molecule is COc1cccc(CCC[C@](C)(O)[C@H]2CC[C@H]3[C@@H]4C[C@H](O)[C@H]5C[C@@H](O)CC[C@]5(C)[C@H]4CC[C@@]32C)c1. The third kappa shape index (κ3) is 4.36. The van der Waals surface area contributed by atoms with Crippen molar-refractivity contribution in [3.05, 3.63) is 29.8 Å². The van der Waals surface area contributed by atoms with E-state index in [0.29, 0.717) is 23.7 Å². The maximum absolute atomic E-state index is 11.8. The summed E-state index contributed by atoms with van der Waals surface area (Å²) in [6, 6.07) is 8.28. The molecule has 0 aromatic heterocycles. The van der Waals surface area contributed by atoms with Gasteiger partial charge >= 0.3 is 0 Å². The second-order valence-electron chi connectivity index (χ2n) is 13.5. The summed E-state index contributed by atoms with van der Waals surface area (Å²) in [6.45, 7) is 6.99. The van der Waals surface area contributed by atoms with Crippen molar-refractivity contribution in [2.75, 3.05) is 7.11 Å². The summed E-state index contributed by atoms with van der Waals surface area (Å²) < 4.78 is 5.37. The fourth-order valence-corrected chi connectivity index (χ4v) is 9.95. The first-order valence-corrected chi connectivity index (χ1v) is 14.3. The highest BCUT2D eigenvalue weighted by molar-refractivity contribution is 5.28. The first-order chi connectivity index (χ1) is 16.6. The van der Waals surface area contributed by atoms with Crippen LogP contribution in [0.2, 0.25) is 0 Å². The van der Waals surface area contributed by atoms with E-state index >= 15 is 0 Å². The molecule has 4 nitrogen and oxygen atoms in total. The summed E-state index contributed by atoms with van der Waals surface area (Å²) in [5.74, 6) is 3.26. The van der Waals surface area contributed by atoms with Crippen LogP contribution in [0, 0.1) is 40.4 Å². The summed E-state index contributed by atoms with van der Waals surface area (Å²) >= 11 is 0. The maximum atomic E-state index is 11.8. The average molecular weight is 485 g/mol. The Morgan fingerprint density at radius 2 is 1.71 bits per heavy atom. The summed E-state index contributed by atoms with van der Waals surface area (Å²) in [4.78, 5) is 0. The number of benzene rings is 1. The van der Waals surface area contributed by atoms with Crippen LogP contribution in [0.25, 0.3) is 0 Å².